The fourth-order valence-electron chi connectivity index (χ4n) is 4.74. The van der Waals surface area contributed by atoms with Crippen molar-refractivity contribution >= 4 is 29.1 Å². The molecule has 1 amide bonds. The number of hydrogen-bond donors (Lipinski definition) is 2. The van der Waals surface area contributed by atoms with Gasteiger partial charge in [-0.1, -0.05) is 39.3 Å². The van der Waals surface area contributed by atoms with Crippen LogP contribution in [0.5, 0.6) is 0 Å². The molecular weight excluding hydrogens is 458 g/mol. The highest BCUT2D eigenvalue weighted by molar-refractivity contribution is 7.09. The minimum Gasteiger partial charge on any atom is -0.392 e. The second kappa shape index (κ2) is 12.6. The van der Waals surface area contributed by atoms with Gasteiger partial charge in [-0.05, 0) is 64.0 Å². The number of aryl methyl sites for hydroxylation is 1. The molecule has 1 unspecified atom stereocenters. The summed E-state index contributed by atoms with van der Waals surface area (Å²) in [6.07, 6.45) is 6.57. The van der Waals surface area contributed by atoms with Crippen LogP contribution < -0.4 is 5.32 Å². The molecule has 0 bridgehead atoms. The lowest BCUT2D eigenvalue weighted by Crippen LogP contribution is -2.44. The van der Waals surface area contributed by atoms with Gasteiger partial charge in [-0.2, -0.15) is 5.26 Å². The second-order valence-corrected chi connectivity index (χ2v) is 11.8. The maximum absolute atomic E-state index is 13.4. The molecule has 0 radical (unpaired) electrons. The van der Waals surface area contributed by atoms with Crippen LogP contribution in [-0.4, -0.2) is 33.9 Å². The van der Waals surface area contributed by atoms with Gasteiger partial charge in [-0.25, -0.2) is 4.98 Å². The fraction of sp³-hybridized carbons (Fsp3) is 0.643. The summed E-state index contributed by atoms with van der Waals surface area (Å²) >= 11 is 1.58. The van der Waals surface area contributed by atoms with E-state index in [2.05, 4.69) is 29.4 Å². The number of carbonyl (C=O) groups is 2. The van der Waals surface area contributed by atoms with Crippen molar-refractivity contribution in [3.05, 3.63) is 33.3 Å². The van der Waals surface area contributed by atoms with E-state index in [1.165, 1.54) is 5.57 Å². The third-order valence-corrected chi connectivity index (χ3v) is 8.18. The standard InChI is InChI=1S/C28H41N3O3S/c1-17-9-8-10-18(2)26(33)20(4)27(34)28(6,7)22(15-29)14-25(32)31-24(12-11-17)19(3)13-23-16-35-21(5)30-23/h11,13,16,18,20,22,24,26,33H,8-10,12,14H2,1-7H3,(H,31,32)/t18-,20+,22?,24-,26-/m0/s1. The summed E-state index contributed by atoms with van der Waals surface area (Å²) in [4.78, 5) is 31.0. The zero-order chi connectivity index (χ0) is 26.3. The molecule has 5 atom stereocenters. The van der Waals surface area contributed by atoms with Gasteiger partial charge in [0.25, 0.3) is 0 Å². The summed E-state index contributed by atoms with van der Waals surface area (Å²) in [6, 6.07) is 1.97. The Kier molecular flexibility index (Phi) is 10.4. The van der Waals surface area contributed by atoms with Gasteiger partial charge < -0.3 is 10.4 Å². The third-order valence-electron chi connectivity index (χ3n) is 7.39. The lowest BCUT2D eigenvalue weighted by Gasteiger charge is -2.34. The van der Waals surface area contributed by atoms with E-state index < -0.39 is 23.4 Å². The highest BCUT2D eigenvalue weighted by atomic mass is 32.1. The molecule has 0 aliphatic carbocycles. The van der Waals surface area contributed by atoms with Crippen LogP contribution in [0.4, 0.5) is 0 Å². The maximum atomic E-state index is 13.4. The fourth-order valence-corrected chi connectivity index (χ4v) is 5.31. The van der Waals surface area contributed by atoms with E-state index in [1.807, 2.05) is 32.2 Å². The second-order valence-electron chi connectivity index (χ2n) is 10.7. The van der Waals surface area contributed by atoms with Gasteiger partial charge in [-0.15, -0.1) is 11.3 Å². The number of thiazole rings is 1. The predicted octanol–water partition coefficient (Wildman–Crippen LogP) is 5.62. The normalized spacial score (nSPS) is 29.7. The quantitative estimate of drug-likeness (QED) is 0.514. The molecular formula is C28H41N3O3S. The van der Waals surface area contributed by atoms with Gasteiger partial charge in [0.1, 0.15) is 5.78 Å². The molecule has 35 heavy (non-hydrogen) atoms. The molecule has 6 nitrogen and oxygen atoms in total. The summed E-state index contributed by atoms with van der Waals surface area (Å²) in [7, 11) is 0. The Bertz CT molecular complexity index is 1000. The molecule has 2 heterocycles. The Morgan fingerprint density at radius 1 is 1.31 bits per heavy atom. The number of hydrogen-bond acceptors (Lipinski definition) is 6. The van der Waals surface area contributed by atoms with Gasteiger partial charge >= 0.3 is 0 Å². The van der Waals surface area contributed by atoms with Crippen LogP contribution in [0.25, 0.3) is 6.08 Å². The average molecular weight is 500 g/mol. The summed E-state index contributed by atoms with van der Waals surface area (Å²) < 4.78 is 0. The van der Waals surface area contributed by atoms with Crippen LogP contribution in [0.3, 0.4) is 0 Å². The minimum atomic E-state index is -1.06. The van der Waals surface area contributed by atoms with Crippen molar-refractivity contribution in [2.24, 2.45) is 23.2 Å². The van der Waals surface area contributed by atoms with Crippen molar-refractivity contribution < 1.29 is 14.7 Å². The molecule has 2 N–H and O–H groups in total. The lowest BCUT2D eigenvalue weighted by molar-refractivity contribution is -0.138. The van der Waals surface area contributed by atoms with Gasteiger partial charge in [0, 0.05) is 23.1 Å². The number of amides is 1. The van der Waals surface area contributed by atoms with E-state index in [4.69, 9.17) is 0 Å². The van der Waals surface area contributed by atoms with Crippen molar-refractivity contribution in [1.29, 1.82) is 5.26 Å². The largest absolute Gasteiger partial charge is 0.392 e. The minimum absolute atomic E-state index is 0.0335. The van der Waals surface area contributed by atoms with Crippen LogP contribution >= 0.6 is 11.3 Å². The Labute approximate surface area is 214 Å². The van der Waals surface area contributed by atoms with Crippen molar-refractivity contribution in [1.82, 2.24) is 10.3 Å². The van der Waals surface area contributed by atoms with E-state index in [0.717, 1.165) is 35.5 Å². The molecule has 0 saturated carbocycles. The van der Waals surface area contributed by atoms with Gasteiger partial charge in [0.05, 0.1) is 34.8 Å². The number of nitrogens with one attached hydrogen (secondary N) is 1. The Morgan fingerprint density at radius 2 is 2.00 bits per heavy atom. The number of allylic oxidation sites excluding steroid dienone is 1. The predicted molar refractivity (Wildman–Crippen MR) is 142 cm³/mol. The molecule has 2 rings (SSSR count). The van der Waals surface area contributed by atoms with Crippen LogP contribution in [-0.2, 0) is 9.59 Å². The SMILES string of the molecule is CC1=CC[C@@H](C(C)=Cc2csc(C)n2)NC(=O)CC(C#N)C(C)(C)C(=O)[C@H](C)[C@@H](O)[C@@H](C)CCC1. The Morgan fingerprint density at radius 3 is 2.60 bits per heavy atom. The lowest BCUT2D eigenvalue weighted by atomic mass is 9.69. The van der Waals surface area contributed by atoms with E-state index in [9.17, 15) is 20.0 Å². The number of aliphatic hydroxyl groups excluding tert-OH is 1. The number of nitrogens with zero attached hydrogens (tertiary/aromatic N) is 2. The molecule has 1 aromatic rings. The molecule has 0 saturated heterocycles. The van der Waals surface area contributed by atoms with Gasteiger partial charge in [0.15, 0.2) is 0 Å². The molecule has 7 heteroatoms. The summed E-state index contributed by atoms with van der Waals surface area (Å²) in [5.74, 6) is -1.87. The van der Waals surface area contributed by atoms with Crippen molar-refractivity contribution in [3.8, 4) is 6.07 Å². The average Bonchev–Trinajstić information content (AvgIpc) is 3.21. The number of nitriles is 1. The third kappa shape index (κ3) is 7.85. The first kappa shape index (κ1) is 28.9. The van der Waals surface area contributed by atoms with E-state index >= 15 is 0 Å². The molecule has 1 aliphatic heterocycles. The van der Waals surface area contributed by atoms with Crippen molar-refractivity contribution in [2.45, 2.75) is 92.7 Å². The van der Waals surface area contributed by atoms with Crippen molar-refractivity contribution in [2.75, 3.05) is 0 Å². The monoisotopic (exact) mass is 499 g/mol. The maximum Gasteiger partial charge on any atom is 0.221 e. The number of ketones is 1. The molecule has 0 aromatic carbocycles. The van der Waals surface area contributed by atoms with E-state index in [0.29, 0.717) is 6.42 Å². The summed E-state index contributed by atoms with van der Waals surface area (Å²) in [6.45, 7) is 13.2. The number of aromatic nitrogens is 1. The van der Waals surface area contributed by atoms with E-state index in [-0.39, 0.29) is 30.1 Å². The first-order valence-corrected chi connectivity index (χ1v) is 13.4. The highest BCUT2D eigenvalue weighted by Gasteiger charge is 2.42. The first-order chi connectivity index (χ1) is 16.4. The summed E-state index contributed by atoms with van der Waals surface area (Å²) in [5.41, 5.74) is 2.03. The van der Waals surface area contributed by atoms with Crippen LogP contribution in [0.1, 0.15) is 84.3 Å². The number of Topliss-reactive ketones (excluding diaryl/α,β-unsaturated/α-hetero) is 1. The van der Waals surface area contributed by atoms with Gasteiger partial charge in [-0.3, -0.25) is 9.59 Å². The van der Waals surface area contributed by atoms with Crippen LogP contribution in [0.2, 0.25) is 0 Å². The van der Waals surface area contributed by atoms with E-state index in [1.54, 1.807) is 32.1 Å². The van der Waals surface area contributed by atoms with Crippen LogP contribution in [0.15, 0.2) is 22.6 Å². The molecule has 1 aromatic heterocycles. The zero-order valence-electron chi connectivity index (χ0n) is 22.2. The zero-order valence-corrected chi connectivity index (χ0v) is 23.0. The number of aliphatic hydroxyl groups is 1. The molecule has 1 aliphatic rings. The molecule has 192 valence electrons. The molecule has 0 fully saturated rings. The summed E-state index contributed by atoms with van der Waals surface area (Å²) in [5, 5.41) is 26.8. The Hall–Kier alpha value is -2.30. The van der Waals surface area contributed by atoms with Crippen LogP contribution in [0, 0.1) is 41.4 Å². The highest BCUT2D eigenvalue weighted by Crippen LogP contribution is 2.35. The molecule has 0 spiro atoms. The number of rotatable bonds is 2. The number of carbonyl (C=O) groups excluding carboxylic acids is 2. The smallest absolute Gasteiger partial charge is 0.221 e. The van der Waals surface area contributed by atoms with Gasteiger partial charge in [0.2, 0.25) is 5.91 Å². The van der Waals surface area contributed by atoms with Crippen molar-refractivity contribution in [3.63, 3.8) is 0 Å². The topological polar surface area (TPSA) is 103 Å². The first-order valence-electron chi connectivity index (χ1n) is 12.5. The Balaban J connectivity index is 2.38.